The number of carbonyl (C=O) groups is 1. The van der Waals surface area contributed by atoms with Gasteiger partial charge in [0, 0.05) is 17.7 Å². The lowest BCUT2D eigenvalue weighted by Crippen LogP contribution is -2.47. The first-order valence-corrected chi connectivity index (χ1v) is 11.5. The molecule has 0 spiro atoms. The van der Waals surface area contributed by atoms with E-state index in [2.05, 4.69) is 53.7 Å². The van der Waals surface area contributed by atoms with Crippen LogP contribution in [0, 0.1) is 11.8 Å². The molecule has 1 amide bonds. The zero-order valence-electron chi connectivity index (χ0n) is 19.1. The second kappa shape index (κ2) is 12.2. The smallest absolute Gasteiger partial charge is 0.265 e. The molecule has 0 saturated heterocycles. The summed E-state index contributed by atoms with van der Waals surface area (Å²) in [6.45, 7) is 0.558. The molecule has 3 heteroatoms. The van der Waals surface area contributed by atoms with Crippen molar-refractivity contribution in [3.8, 4) is 11.8 Å². The third-order valence-corrected chi connectivity index (χ3v) is 5.56. The van der Waals surface area contributed by atoms with Gasteiger partial charge in [0.2, 0.25) is 0 Å². The van der Waals surface area contributed by atoms with Gasteiger partial charge in [-0.25, -0.2) is 5.01 Å². The molecule has 0 radical (unpaired) electrons. The Hall–Kier alpha value is -4.13. The number of hydrazine groups is 1. The second-order valence-electron chi connectivity index (χ2n) is 8.10. The van der Waals surface area contributed by atoms with Gasteiger partial charge < -0.3 is 0 Å². The van der Waals surface area contributed by atoms with Crippen LogP contribution in [0.15, 0.2) is 121 Å². The zero-order chi connectivity index (χ0) is 23.4. The molecule has 168 valence electrons. The van der Waals surface area contributed by atoms with Gasteiger partial charge in [0.05, 0.1) is 6.04 Å². The van der Waals surface area contributed by atoms with Crippen molar-refractivity contribution < 1.29 is 4.79 Å². The van der Waals surface area contributed by atoms with Crippen LogP contribution < -0.4 is 5.43 Å². The van der Waals surface area contributed by atoms with Crippen LogP contribution in [0.2, 0.25) is 0 Å². The summed E-state index contributed by atoms with van der Waals surface area (Å²) in [5, 5.41) is 1.98. The second-order valence-corrected chi connectivity index (χ2v) is 8.10. The largest absolute Gasteiger partial charge is 0.283 e. The Morgan fingerprint density at radius 3 is 1.85 bits per heavy atom. The van der Waals surface area contributed by atoms with Crippen LogP contribution in [0.3, 0.4) is 0 Å². The molecule has 0 aliphatic carbocycles. The Bertz CT molecular complexity index is 1210. The van der Waals surface area contributed by atoms with E-state index in [1.165, 1.54) is 5.56 Å². The van der Waals surface area contributed by atoms with Crippen LogP contribution in [0.5, 0.6) is 0 Å². The Labute approximate surface area is 202 Å². The maximum atomic E-state index is 13.1. The molecular weight excluding hydrogens is 416 g/mol. The van der Waals surface area contributed by atoms with Crippen LogP contribution in [0.25, 0.3) is 0 Å². The summed E-state index contributed by atoms with van der Waals surface area (Å²) >= 11 is 0. The summed E-state index contributed by atoms with van der Waals surface area (Å²) in [5.41, 5.74) is 7.10. The number of aryl methyl sites for hydroxylation is 1. The van der Waals surface area contributed by atoms with Crippen LogP contribution in [0.4, 0.5) is 0 Å². The van der Waals surface area contributed by atoms with Crippen LogP contribution in [0.1, 0.15) is 33.5 Å². The number of hydrogen-bond donors (Lipinski definition) is 1. The van der Waals surface area contributed by atoms with Crippen molar-refractivity contribution >= 4 is 5.91 Å². The molecule has 4 rings (SSSR count). The van der Waals surface area contributed by atoms with Crippen LogP contribution >= 0.6 is 0 Å². The van der Waals surface area contributed by atoms with Crippen molar-refractivity contribution in [1.82, 2.24) is 10.4 Å². The summed E-state index contributed by atoms with van der Waals surface area (Å²) in [6.07, 6.45) is 1.65. The van der Waals surface area contributed by atoms with E-state index in [-0.39, 0.29) is 11.9 Å². The normalized spacial score (nSPS) is 11.3. The zero-order valence-corrected chi connectivity index (χ0v) is 19.1. The van der Waals surface area contributed by atoms with Crippen molar-refractivity contribution in [2.75, 3.05) is 0 Å². The van der Waals surface area contributed by atoms with E-state index >= 15 is 0 Å². The van der Waals surface area contributed by atoms with Gasteiger partial charge in [-0.2, -0.15) is 0 Å². The average Bonchev–Trinajstić information content (AvgIpc) is 2.90. The van der Waals surface area contributed by atoms with Crippen LogP contribution in [-0.2, 0) is 13.0 Å². The maximum Gasteiger partial charge on any atom is 0.265 e. The fraction of sp³-hybridized carbons (Fsp3) is 0.129. The summed E-state index contributed by atoms with van der Waals surface area (Å²) in [7, 11) is 0. The highest BCUT2D eigenvalue weighted by Crippen LogP contribution is 2.14. The highest BCUT2D eigenvalue weighted by molar-refractivity contribution is 5.93. The summed E-state index contributed by atoms with van der Waals surface area (Å²) in [5.74, 6) is 6.63. The number of rotatable bonds is 8. The van der Waals surface area contributed by atoms with Gasteiger partial charge >= 0.3 is 0 Å². The molecule has 0 bridgehead atoms. The Kier molecular flexibility index (Phi) is 8.27. The number of amides is 1. The Balaban J connectivity index is 1.63. The summed E-state index contributed by atoms with van der Waals surface area (Å²) in [4.78, 5) is 13.1. The lowest BCUT2D eigenvalue weighted by Gasteiger charge is -2.29. The molecule has 0 aliphatic heterocycles. The summed E-state index contributed by atoms with van der Waals surface area (Å²) in [6, 6.07) is 39.7. The highest BCUT2D eigenvalue weighted by Gasteiger charge is 2.20. The van der Waals surface area contributed by atoms with E-state index < -0.39 is 0 Å². The van der Waals surface area contributed by atoms with Gasteiger partial charge in [-0.1, -0.05) is 109 Å². The van der Waals surface area contributed by atoms with Crippen molar-refractivity contribution in [1.29, 1.82) is 0 Å². The topological polar surface area (TPSA) is 32.3 Å². The lowest BCUT2D eigenvalue weighted by atomic mass is 10.0. The average molecular weight is 445 g/mol. The van der Waals surface area contributed by atoms with Gasteiger partial charge in [0.15, 0.2) is 0 Å². The molecule has 0 aromatic heterocycles. The molecule has 0 aliphatic rings. The maximum absolute atomic E-state index is 13.1. The van der Waals surface area contributed by atoms with E-state index in [0.29, 0.717) is 12.1 Å². The molecular formula is C31H28N2O. The molecule has 1 N–H and O–H groups in total. The van der Waals surface area contributed by atoms with E-state index in [1.54, 1.807) is 0 Å². The van der Waals surface area contributed by atoms with Crippen molar-refractivity contribution in [3.05, 3.63) is 144 Å². The van der Waals surface area contributed by atoms with Crippen molar-refractivity contribution in [3.63, 3.8) is 0 Å². The minimum atomic E-state index is -0.173. The quantitative estimate of drug-likeness (QED) is 0.272. The van der Waals surface area contributed by atoms with Gasteiger partial charge in [0.1, 0.15) is 0 Å². The van der Waals surface area contributed by atoms with Gasteiger partial charge in [-0.15, -0.1) is 0 Å². The number of hydrogen-bond acceptors (Lipinski definition) is 2. The third-order valence-electron chi connectivity index (χ3n) is 5.56. The van der Waals surface area contributed by atoms with E-state index in [4.69, 9.17) is 0 Å². The molecule has 1 atom stereocenters. The van der Waals surface area contributed by atoms with E-state index in [1.807, 2.05) is 89.9 Å². The molecule has 1 unspecified atom stereocenters. The predicted octanol–water partition coefficient (Wildman–Crippen LogP) is 5.89. The molecule has 34 heavy (non-hydrogen) atoms. The first-order chi connectivity index (χ1) is 16.8. The molecule has 0 saturated carbocycles. The molecule has 4 aromatic rings. The molecule has 4 aromatic carbocycles. The van der Waals surface area contributed by atoms with Gasteiger partial charge in [0.25, 0.3) is 5.91 Å². The molecule has 0 fully saturated rings. The van der Waals surface area contributed by atoms with Crippen molar-refractivity contribution in [2.24, 2.45) is 0 Å². The van der Waals surface area contributed by atoms with Gasteiger partial charge in [-0.05, 0) is 48.2 Å². The Morgan fingerprint density at radius 2 is 1.24 bits per heavy atom. The number of nitrogens with zero attached hydrogens (tertiary/aromatic N) is 1. The molecule has 0 heterocycles. The lowest BCUT2D eigenvalue weighted by molar-refractivity contribution is 0.0714. The monoisotopic (exact) mass is 444 g/mol. The number of nitrogens with one attached hydrogen (secondary N) is 1. The summed E-state index contributed by atoms with van der Waals surface area (Å²) < 4.78 is 0. The first kappa shape index (κ1) is 23.0. The fourth-order valence-electron chi connectivity index (χ4n) is 3.73. The SMILES string of the molecule is O=C(NN(Cc1ccccc1)C(C#Cc1ccccc1)CCc1ccccc1)c1ccccc1. The van der Waals surface area contributed by atoms with Gasteiger partial charge in [-0.3, -0.25) is 10.2 Å². The highest BCUT2D eigenvalue weighted by atomic mass is 16.2. The predicted molar refractivity (Wildman–Crippen MR) is 138 cm³/mol. The standard InChI is InChI=1S/C31H28N2O/c34-31(29-19-11-4-12-20-29)32-33(25-28-17-9-3-10-18-28)30(23-21-26-13-5-1-6-14-26)24-22-27-15-7-2-8-16-27/h1-20,30H,21,23,25H2,(H,32,34). The number of benzene rings is 4. The van der Waals surface area contributed by atoms with E-state index in [9.17, 15) is 4.79 Å². The minimum Gasteiger partial charge on any atom is -0.283 e. The van der Waals surface area contributed by atoms with Crippen molar-refractivity contribution in [2.45, 2.75) is 25.4 Å². The first-order valence-electron chi connectivity index (χ1n) is 11.5. The molecule has 3 nitrogen and oxygen atoms in total. The minimum absolute atomic E-state index is 0.136. The third kappa shape index (κ3) is 6.93. The fourth-order valence-corrected chi connectivity index (χ4v) is 3.73. The number of carbonyl (C=O) groups excluding carboxylic acids is 1. The Morgan fingerprint density at radius 1 is 0.706 bits per heavy atom. The van der Waals surface area contributed by atoms with E-state index in [0.717, 1.165) is 24.0 Å². The van der Waals surface area contributed by atoms with Crippen LogP contribution in [-0.4, -0.2) is 17.0 Å².